The lowest BCUT2D eigenvalue weighted by atomic mass is 10.2. The summed E-state index contributed by atoms with van der Waals surface area (Å²) in [5.41, 5.74) is 2.29. The van der Waals surface area contributed by atoms with E-state index in [2.05, 4.69) is 38.5 Å². The van der Waals surface area contributed by atoms with Gasteiger partial charge < -0.3 is 9.15 Å². The smallest absolute Gasteiger partial charge is 0.420 e. The summed E-state index contributed by atoms with van der Waals surface area (Å²) in [6.45, 7) is 0.398. The van der Waals surface area contributed by atoms with Crippen LogP contribution in [0.5, 0.6) is 5.75 Å². The number of methoxy groups -OCH3 is 1. The lowest BCUT2D eigenvalue weighted by molar-refractivity contribution is 0.407. The maximum absolute atomic E-state index is 12.1. The van der Waals surface area contributed by atoms with Gasteiger partial charge in [-0.05, 0) is 59.0 Å². The Labute approximate surface area is 143 Å². The molecular weight excluding hydrogens is 449 g/mol. The highest BCUT2D eigenvalue weighted by atomic mass is 127. The summed E-state index contributed by atoms with van der Waals surface area (Å²) in [5, 5.41) is 0. The summed E-state index contributed by atoms with van der Waals surface area (Å²) in [7, 11) is 1.62. The Morgan fingerprint density at radius 2 is 2.10 bits per heavy atom. The zero-order valence-electron chi connectivity index (χ0n) is 11.1. The molecule has 0 aliphatic heterocycles. The number of benzene rings is 2. The first-order valence-electron chi connectivity index (χ1n) is 6.20. The molecule has 3 aromatic rings. The van der Waals surface area contributed by atoms with E-state index in [1.165, 1.54) is 0 Å². The summed E-state index contributed by atoms with van der Waals surface area (Å²) < 4.78 is 14.2. The van der Waals surface area contributed by atoms with Gasteiger partial charge in [-0.3, -0.25) is 4.57 Å². The molecule has 0 fully saturated rings. The highest BCUT2D eigenvalue weighted by Gasteiger charge is 2.12. The van der Waals surface area contributed by atoms with Crippen molar-refractivity contribution in [1.29, 1.82) is 0 Å². The molecule has 108 valence electrons. The number of aromatic nitrogens is 1. The van der Waals surface area contributed by atoms with Crippen molar-refractivity contribution in [2.24, 2.45) is 0 Å². The van der Waals surface area contributed by atoms with Crippen LogP contribution in [0, 0.1) is 3.57 Å². The second kappa shape index (κ2) is 5.84. The van der Waals surface area contributed by atoms with Crippen LogP contribution in [0.1, 0.15) is 5.56 Å². The van der Waals surface area contributed by atoms with Gasteiger partial charge >= 0.3 is 5.76 Å². The maximum atomic E-state index is 12.1. The van der Waals surface area contributed by atoms with Crippen LogP contribution >= 0.6 is 38.5 Å². The third kappa shape index (κ3) is 2.87. The fourth-order valence-corrected chi connectivity index (χ4v) is 3.10. The second-order valence-electron chi connectivity index (χ2n) is 4.52. The van der Waals surface area contributed by atoms with E-state index < -0.39 is 0 Å². The topological polar surface area (TPSA) is 44.4 Å². The van der Waals surface area contributed by atoms with Gasteiger partial charge in [-0.15, -0.1) is 0 Å². The fourth-order valence-electron chi connectivity index (χ4n) is 2.23. The van der Waals surface area contributed by atoms with Gasteiger partial charge in [0.05, 0.1) is 19.2 Å². The molecule has 0 saturated heterocycles. The van der Waals surface area contributed by atoms with E-state index in [-0.39, 0.29) is 5.76 Å². The highest BCUT2D eigenvalue weighted by Crippen LogP contribution is 2.25. The van der Waals surface area contributed by atoms with Crippen LogP contribution in [0.25, 0.3) is 11.1 Å². The van der Waals surface area contributed by atoms with Gasteiger partial charge in [0.15, 0.2) is 5.58 Å². The SMILES string of the molecule is COc1ccc(Br)cc1Cn1c(=O)oc2cc(I)ccc21. The summed E-state index contributed by atoms with van der Waals surface area (Å²) in [6, 6.07) is 11.4. The van der Waals surface area contributed by atoms with E-state index in [0.29, 0.717) is 12.1 Å². The number of ether oxygens (including phenoxy) is 1. The Hall–Kier alpha value is -1.28. The zero-order chi connectivity index (χ0) is 15.0. The molecule has 0 bridgehead atoms. The van der Waals surface area contributed by atoms with E-state index in [4.69, 9.17) is 9.15 Å². The average molecular weight is 460 g/mol. The summed E-state index contributed by atoms with van der Waals surface area (Å²) in [5.74, 6) is 0.374. The summed E-state index contributed by atoms with van der Waals surface area (Å²) >= 11 is 5.63. The molecule has 0 aliphatic rings. The van der Waals surface area contributed by atoms with Crippen molar-refractivity contribution >= 4 is 49.6 Å². The predicted molar refractivity (Wildman–Crippen MR) is 93.0 cm³/mol. The quantitative estimate of drug-likeness (QED) is 0.555. The first-order chi connectivity index (χ1) is 10.1. The predicted octanol–water partition coefficient (Wildman–Crippen LogP) is 4.02. The van der Waals surface area contributed by atoms with Crippen molar-refractivity contribution in [2.75, 3.05) is 7.11 Å². The van der Waals surface area contributed by atoms with Crippen LogP contribution in [0.3, 0.4) is 0 Å². The minimum absolute atomic E-state index is 0.367. The number of oxazole rings is 1. The van der Waals surface area contributed by atoms with Crippen LogP contribution < -0.4 is 10.5 Å². The molecule has 1 aromatic heterocycles. The largest absolute Gasteiger partial charge is 0.496 e. The third-order valence-electron chi connectivity index (χ3n) is 3.20. The number of hydrogen-bond donors (Lipinski definition) is 0. The van der Waals surface area contributed by atoms with Crippen molar-refractivity contribution < 1.29 is 9.15 Å². The van der Waals surface area contributed by atoms with E-state index in [1.807, 2.05) is 36.4 Å². The van der Waals surface area contributed by atoms with Gasteiger partial charge in [-0.25, -0.2) is 4.79 Å². The molecule has 0 saturated carbocycles. The van der Waals surface area contributed by atoms with Crippen LogP contribution in [-0.4, -0.2) is 11.7 Å². The number of halogens is 2. The second-order valence-corrected chi connectivity index (χ2v) is 6.68. The fraction of sp³-hybridized carbons (Fsp3) is 0.133. The van der Waals surface area contributed by atoms with Crippen molar-refractivity contribution in [3.05, 3.63) is 60.6 Å². The molecule has 0 radical (unpaired) electrons. The van der Waals surface area contributed by atoms with Gasteiger partial charge in [0, 0.05) is 13.6 Å². The first-order valence-corrected chi connectivity index (χ1v) is 8.07. The zero-order valence-corrected chi connectivity index (χ0v) is 14.8. The first kappa shape index (κ1) is 14.6. The van der Waals surface area contributed by atoms with Gasteiger partial charge in [-0.2, -0.15) is 0 Å². The average Bonchev–Trinajstić information content (AvgIpc) is 2.74. The molecule has 0 aliphatic carbocycles. The van der Waals surface area contributed by atoms with Crippen LogP contribution in [0.2, 0.25) is 0 Å². The number of nitrogens with zero attached hydrogens (tertiary/aromatic N) is 1. The molecule has 0 N–H and O–H groups in total. The van der Waals surface area contributed by atoms with Gasteiger partial charge in [-0.1, -0.05) is 15.9 Å². The molecular formula is C15H11BrINO3. The van der Waals surface area contributed by atoms with Crippen LogP contribution in [0.15, 0.2) is 50.1 Å². The monoisotopic (exact) mass is 459 g/mol. The van der Waals surface area contributed by atoms with Gasteiger partial charge in [0.1, 0.15) is 5.75 Å². The third-order valence-corrected chi connectivity index (χ3v) is 4.37. The Bertz CT molecular complexity index is 869. The van der Waals surface area contributed by atoms with Crippen LogP contribution in [0.4, 0.5) is 0 Å². The van der Waals surface area contributed by atoms with E-state index in [1.54, 1.807) is 11.7 Å². The van der Waals surface area contributed by atoms with Gasteiger partial charge in [0.25, 0.3) is 0 Å². The summed E-state index contributed by atoms with van der Waals surface area (Å²) in [4.78, 5) is 12.1. The van der Waals surface area contributed by atoms with Crippen molar-refractivity contribution in [3.8, 4) is 5.75 Å². The molecule has 0 amide bonds. The molecule has 0 spiro atoms. The number of hydrogen-bond acceptors (Lipinski definition) is 3. The van der Waals surface area contributed by atoms with E-state index >= 15 is 0 Å². The Morgan fingerprint density at radius 1 is 1.29 bits per heavy atom. The molecule has 3 rings (SSSR count). The lowest BCUT2D eigenvalue weighted by Gasteiger charge is -2.09. The van der Waals surface area contributed by atoms with Gasteiger partial charge in [0.2, 0.25) is 0 Å². The minimum atomic E-state index is -0.367. The number of rotatable bonds is 3. The molecule has 1 heterocycles. The van der Waals surface area contributed by atoms with Crippen molar-refractivity contribution in [1.82, 2.24) is 4.57 Å². The van der Waals surface area contributed by atoms with E-state index in [9.17, 15) is 4.79 Å². The maximum Gasteiger partial charge on any atom is 0.420 e. The Kier molecular flexibility index (Phi) is 4.08. The number of fused-ring (bicyclic) bond motifs is 1. The molecule has 6 heteroatoms. The molecule has 0 unspecified atom stereocenters. The Balaban J connectivity index is 2.12. The standard InChI is InChI=1S/C15H11BrINO3/c1-20-13-5-2-10(16)6-9(13)8-18-12-4-3-11(17)7-14(12)21-15(18)19/h2-7H,8H2,1H3. The molecule has 0 atom stereocenters. The van der Waals surface area contributed by atoms with Crippen molar-refractivity contribution in [2.45, 2.75) is 6.54 Å². The minimum Gasteiger partial charge on any atom is -0.496 e. The lowest BCUT2D eigenvalue weighted by Crippen LogP contribution is -2.15. The van der Waals surface area contributed by atoms with E-state index in [0.717, 1.165) is 24.9 Å². The molecule has 4 nitrogen and oxygen atoms in total. The molecule has 2 aromatic carbocycles. The molecule has 21 heavy (non-hydrogen) atoms. The highest BCUT2D eigenvalue weighted by molar-refractivity contribution is 14.1. The van der Waals surface area contributed by atoms with Crippen molar-refractivity contribution in [3.63, 3.8) is 0 Å². The van der Waals surface area contributed by atoms with Crippen LogP contribution in [-0.2, 0) is 6.54 Å². The summed E-state index contributed by atoms with van der Waals surface area (Å²) in [6.07, 6.45) is 0. The Morgan fingerprint density at radius 3 is 2.86 bits per heavy atom. The normalized spacial score (nSPS) is 11.0.